The number of carboxylic acids is 1. The molecule has 7 heteroatoms. The fourth-order valence-electron chi connectivity index (χ4n) is 2.71. The Morgan fingerprint density at radius 2 is 1.76 bits per heavy atom. The first-order valence-electron chi connectivity index (χ1n) is 6.30. The Bertz CT molecular complexity index is 646. The normalized spacial score (nSPS) is 29.6. The van der Waals surface area contributed by atoms with Gasteiger partial charge in [0.1, 0.15) is 5.92 Å². The number of ether oxygens (including phenoxy) is 1. The second kappa shape index (κ2) is 4.92. The van der Waals surface area contributed by atoms with Crippen LogP contribution in [0.4, 0.5) is 14.5 Å². The number of rotatable bonds is 3. The van der Waals surface area contributed by atoms with Crippen LogP contribution >= 0.6 is 0 Å². The SMILES string of the molecule is O=C(O)[C@@H]1[C@H](C(=O)Nc2ccc(F)c(F)c2)[C@@H]2C=C[C@@H]1O2. The summed E-state index contributed by atoms with van der Waals surface area (Å²) >= 11 is 0. The van der Waals surface area contributed by atoms with Crippen LogP contribution < -0.4 is 5.32 Å². The minimum atomic E-state index is -1.13. The molecule has 0 aliphatic carbocycles. The van der Waals surface area contributed by atoms with E-state index in [-0.39, 0.29) is 5.69 Å². The van der Waals surface area contributed by atoms with Crippen LogP contribution in [-0.2, 0) is 14.3 Å². The predicted molar refractivity (Wildman–Crippen MR) is 67.4 cm³/mol. The van der Waals surface area contributed by atoms with Crippen LogP contribution in [0, 0.1) is 23.5 Å². The zero-order valence-electron chi connectivity index (χ0n) is 10.6. The highest BCUT2D eigenvalue weighted by Gasteiger charge is 2.53. The van der Waals surface area contributed by atoms with Crippen molar-refractivity contribution in [1.29, 1.82) is 0 Å². The Hall–Kier alpha value is -2.28. The molecule has 0 saturated carbocycles. The molecule has 0 unspecified atom stereocenters. The quantitative estimate of drug-likeness (QED) is 0.830. The minimum absolute atomic E-state index is 0.0646. The van der Waals surface area contributed by atoms with Gasteiger partial charge in [-0.1, -0.05) is 12.2 Å². The molecular formula is C14H11F2NO4. The summed E-state index contributed by atoms with van der Waals surface area (Å²) in [5.41, 5.74) is 0.0646. The van der Waals surface area contributed by atoms with Gasteiger partial charge in [0.15, 0.2) is 11.6 Å². The molecular weight excluding hydrogens is 284 g/mol. The molecule has 0 spiro atoms. The Kier molecular flexibility index (Phi) is 3.21. The van der Waals surface area contributed by atoms with E-state index in [1.54, 1.807) is 12.2 Å². The van der Waals surface area contributed by atoms with E-state index in [0.717, 1.165) is 12.1 Å². The highest BCUT2D eigenvalue weighted by Crippen LogP contribution is 2.39. The molecule has 1 aromatic carbocycles. The van der Waals surface area contributed by atoms with Crippen LogP contribution in [0.1, 0.15) is 0 Å². The van der Waals surface area contributed by atoms with Crippen molar-refractivity contribution in [3.05, 3.63) is 42.0 Å². The van der Waals surface area contributed by atoms with Gasteiger partial charge in [-0.05, 0) is 12.1 Å². The fraction of sp³-hybridized carbons (Fsp3) is 0.286. The average molecular weight is 295 g/mol. The third kappa shape index (κ3) is 2.29. The molecule has 1 fully saturated rings. The van der Waals surface area contributed by atoms with Gasteiger partial charge in [0.2, 0.25) is 5.91 Å². The van der Waals surface area contributed by atoms with Crippen LogP contribution in [-0.4, -0.2) is 29.2 Å². The molecule has 2 aliphatic rings. The van der Waals surface area contributed by atoms with Crippen LogP contribution in [0.2, 0.25) is 0 Å². The van der Waals surface area contributed by atoms with Gasteiger partial charge in [-0.3, -0.25) is 9.59 Å². The first kappa shape index (κ1) is 13.7. The average Bonchev–Trinajstić information content (AvgIpc) is 3.03. The van der Waals surface area contributed by atoms with Crippen molar-refractivity contribution in [2.45, 2.75) is 12.2 Å². The topological polar surface area (TPSA) is 75.6 Å². The van der Waals surface area contributed by atoms with Crippen molar-refractivity contribution < 1.29 is 28.2 Å². The van der Waals surface area contributed by atoms with Crippen LogP contribution in [0.5, 0.6) is 0 Å². The van der Waals surface area contributed by atoms with Gasteiger partial charge in [0, 0.05) is 11.8 Å². The van der Waals surface area contributed by atoms with E-state index in [1.807, 2.05) is 0 Å². The third-order valence-electron chi connectivity index (χ3n) is 3.67. The lowest BCUT2D eigenvalue weighted by Gasteiger charge is -2.21. The second-order valence-corrected chi connectivity index (χ2v) is 4.96. The molecule has 4 atom stereocenters. The summed E-state index contributed by atoms with van der Waals surface area (Å²) in [5, 5.41) is 11.6. The predicted octanol–water partition coefficient (Wildman–Crippen LogP) is 1.56. The lowest BCUT2D eigenvalue weighted by molar-refractivity contribution is -0.145. The van der Waals surface area contributed by atoms with Crippen molar-refractivity contribution in [2.75, 3.05) is 5.32 Å². The Morgan fingerprint density at radius 1 is 1.10 bits per heavy atom. The molecule has 0 aromatic heterocycles. The summed E-state index contributed by atoms with van der Waals surface area (Å²) in [7, 11) is 0. The van der Waals surface area contributed by atoms with Crippen molar-refractivity contribution in [1.82, 2.24) is 0 Å². The van der Waals surface area contributed by atoms with E-state index in [0.29, 0.717) is 0 Å². The minimum Gasteiger partial charge on any atom is -0.481 e. The number of carbonyl (C=O) groups excluding carboxylic acids is 1. The number of fused-ring (bicyclic) bond motifs is 2. The third-order valence-corrected chi connectivity index (χ3v) is 3.67. The van der Waals surface area contributed by atoms with E-state index in [4.69, 9.17) is 4.74 Å². The van der Waals surface area contributed by atoms with E-state index in [1.165, 1.54) is 6.07 Å². The molecule has 21 heavy (non-hydrogen) atoms. The highest BCUT2D eigenvalue weighted by atomic mass is 19.2. The van der Waals surface area contributed by atoms with Gasteiger partial charge < -0.3 is 15.2 Å². The first-order chi connectivity index (χ1) is 9.97. The number of nitrogens with one attached hydrogen (secondary N) is 1. The lowest BCUT2D eigenvalue weighted by Crippen LogP contribution is -2.39. The van der Waals surface area contributed by atoms with E-state index < -0.39 is 47.6 Å². The molecule has 1 saturated heterocycles. The van der Waals surface area contributed by atoms with Gasteiger partial charge in [0.05, 0.1) is 18.1 Å². The van der Waals surface area contributed by atoms with Crippen LogP contribution in [0.25, 0.3) is 0 Å². The number of hydrogen-bond donors (Lipinski definition) is 2. The zero-order valence-corrected chi connectivity index (χ0v) is 10.6. The monoisotopic (exact) mass is 295 g/mol. The number of benzene rings is 1. The van der Waals surface area contributed by atoms with Crippen molar-refractivity contribution in [3.63, 3.8) is 0 Å². The second-order valence-electron chi connectivity index (χ2n) is 4.96. The lowest BCUT2D eigenvalue weighted by atomic mass is 9.82. The summed E-state index contributed by atoms with van der Waals surface area (Å²) in [6, 6.07) is 2.93. The molecule has 2 aliphatic heterocycles. The summed E-state index contributed by atoms with van der Waals surface area (Å²) in [6.45, 7) is 0. The molecule has 1 aromatic rings. The standard InChI is InChI=1S/C14H11F2NO4/c15-7-2-1-6(5-8(7)16)17-13(18)11-9-3-4-10(21-9)12(11)14(19)20/h1-5,9-12H,(H,17,18)(H,19,20)/t9-,10-,11+,12-/m0/s1. The number of halogens is 2. The molecule has 5 nitrogen and oxygen atoms in total. The molecule has 2 N–H and O–H groups in total. The largest absolute Gasteiger partial charge is 0.481 e. The molecule has 3 rings (SSSR count). The van der Waals surface area contributed by atoms with Crippen molar-refractivity contribution >= 4 is 17.6 Å². The van der Waals surface area contributed by atoms with Crippen LogP contribution in [0.3, 0.4) is 0 Å². The summed E-state index contributed by atoms with van der Waals surface area (Å²) < 4.78 is 31.3. The van der Waals surface area contributed by atoms with Crippen LogP contribution in [0.15, 0.2) is 30.4 Å². The Balaban J connectivity index is 1.80. The molecule has 2 bridgehead atoms. The van der Waals surface area contributed by atoms with Gasteiger partial charge >= 0.3 is 5.97 Å². The zero-order chi connectivity index (χ0) is 15.1. The Labute approximate surface area is 118 Å². The van der Waals surface area contributed by atoms with Gasteiger partial charge in [0.25, 0.3) is 0 Å². The van der Waals surface area contributed by atoms with Gasteiger partial charge in [-0.15, -0.1) is 0 Å². The maximum atomic E-state index is 13.1. The number of anilines is 1. The first-order valence-corrected chi connectivity index (χ1v) is 6.30. The van der Waals surface area contributed by atoms with E-state index in [9.17, 15) is 23.5 Å². The molecule has 110 valence electrons. The maximum absolute atomic E-state index is 13.1. The van der Waals surface area contributed by atoms with Gasteiger partial charge in [-0.2, -0.15) is 0 Å². The number of amides is 1. The van der Waals surface area contributed by atoms with E-state index in [2.05, 4.69) is 5.32 Å². The Morgan fingerprint density at radius 3 is 2.38 bits per heavy atom. The number of carbonyl (C=O) groups is 2. The molecule has 0 radical (unpaired) electrons. The number of carboxylic acid groups (broad SMARTS) is 1. The molecule has 2 heterocycles. The van der Waals surface area contributed by atoms with Crippen molar-refractivity contribution in [3.8, 4) is 0 Å². The van der Waals surface area contributed by atoms with Gasteiger partial charge in [-0.25, -0.2) is 8.78 Å². The maximum Gasteiger partial charge on any atom is 0.310 e. The fourth-order valence-corrected chi connectivity index (χ4v) is 2.71. The number of hydrogen-bond acceptors (Lipinski definition) is 3. The highest BCUT2D eigenvalue weighted by molar-refractivity contribution is 5.96. The summed E-state index contributed by atoms with van der Waals surface area (Å²) in [4.78, 5) is 23.5. The summed E-state index contributed by atoms with van der Waals surface area (Å²) in [5.74, 6) is -5.72. The summed E-state index contributed by atoms with van der Waals surface area (Å²) in [6.07, 6.45) is 2.01. The smallest absolute Gasteiger partial charge is 0.310 e. The van der Waals surface area contributed by atoms with E-state index >= 15 is 0 Å². The molecule has 1 amide bonds. The number of aliphatic carboxylic acids is 1. The van der Waals surface area contributed by atoms with Crippen molar-refractivity contribution in [2.24, 2.45) is 11.8 Å².